The summed E-state index contributed by atoms with van der Waals surface area (Å²) in [5.41, 5.74) is 1.76. The zero-order valence-corrected chi connectivity index (χ0v) is 16.8. The van der Waals surface area contributed by atoms with Gasteiger partial charge in [-0.3, -0.25) is 9.59 Å². The molecule has 0 aromatic heterocycles. The first-order chi connectivity index (χ1) is 14.0. The molecule has 0 fully saturated rings. The predicted octanol–water partition coefficient (Wildman–Crippen LogP) is 3.97. The zero-order valence-electron chi connectivity index (χ0n) is 16.8. The van der Waals surface area contributed by atoms with Crippen LogP contribution in [0.5, 0.6) is 11.5 Å². The van der Waals surface area contributed by atoms with Gasteiger partial charge in [0.05, 0.1) is 25.3 Å². The molecule has 1 heterocycles. The fourth-order valence-corrected chi connectivity index (χ4v) is 3.48. The molecule has 1 amide bonds. The molecule has 2 aromatic rings. The van der Waals surface area contributed by atoms with Gasteiger partial charge in [0.2, 0.25) is 0 Å². The van der Waals surface area contributed by atoms with E-state index >= 15 is 0 Å². The second kappa shape index (κ2) is 8.82. The fraction of sp³-hybridized carbons (Fsp3) is 0.304. The van der Waals surface area contributed by atoms with Gasteiger partial charge >= 0.3 is 0 Å². The number of carbonyl (C=O) groups is 2. The Morgan fingerprint density at radius 2 is 1.66 bits per heavy atom. The van der Waals surface area contributed by atoms with Crippen LogP contribution >= 0.6 is 0 Å². The van der Waals surface area contributed by atoms with Crippen LogP contribution in [0.4, 0.5) is 0 Å². The van der Waals surface area contributed by atoms with Gasteiger partial charge in [-0.2, -0.15) is 0 Å². The lowest BCUT2D eigenvalue weighted by molar-refractivity contribution is -0.130. The van der Waals surface area contributed by atoms with E-state index in [0.29, 0.717) is 18.1 Å². The third-order valence-electron chi connectivity index (χ3n) is 4.94. The normalized spacial score (nSPS) is 16.3. The van der Waals surface area contributed by atoms with Crippen molar-refractivity contribution in [2.24, 2.45) is 0 Å². The van der Waals surface area contributed by atoms with Crippen LogP contribution in [-0.2, 0) is 16.1 Å². The average molecular weight is 395 g/mol. The van der Waals surface area contributed by atoms with E-state index in [1.807, 2.05) is 43.3 Å². The molecule has 0 bridgehead atoms. The maximum atomic E-state index is 12.8. The standard InChI is InChI=1S/C23H25NO5/c1-4-19(25)20-21(16-8-12-18(13-9-16)29-5-2)24(23(27)22(20)26)14-15-6-10-17(28-3)11-7-15/h6-13,21,26H,4-5,14H2,1-3H3. The Bertz CT molecular complexity index is 915. The minimum Gasteiger partial charge on any atom is -0.503 e. The van der Waals surface area contributed by atoms with E-state index in [4.69, 9.17) is 9.47 Å². The van der Waals surface area contributed by atoms with Gasteiger partial charge in [-0.25, -0.2) is 0 Å². The molecule has 29 heavy (non-hydrogen) atoms. The lowest BCUT2D eigenvalue weighted by Gasteiger charge is -2.27. The number of ether oxygens (including phenoxy) is 2. The number of methoxy groups -OCH3 is 1. The van der Waals surface area contributed by atoms with E-state index in [-0.39, 0.29) is 24.3 Å². The number of nitrogens with zero attached hydrogens (tertiary/aromatic N) is 1. The SMILES string of the molecule is CCOc1ccc(C2C(C(=O)CC)=C(O)C(=O)N2Cc2ccc(OC)cc2)cc1. The lowest BCUT2D eigenvalue weighted by Crippen LogP contribution is -2.30. The number of benzene rings is 2. The topological polar surface area (TPSA) is 76.1 Å². The first kappa shape index (κ1) is 20.5. The maximum Gasteiger partial charge on any atom is 0.290 e. The van der Waals surface area contributed by atoms with Crippen LogP contribution in [0.3, 0.4) is 0 Å². The molecule has 6 nitrogen and oxygen atoms in total. The summed E-state index contributed by atoms with van der Waals surface area (Å²) in [6.07, 6.45) is 0.205. The Labute approximate surface area is 170 Å². The van der Waals surface area contributed by atoms with E-state index in [9.17, 15) is 14.7 Å². The van der Waals surface area contributed by atoms with E-state index < -0.39 is 17.7 Å². The number of ketones is 1. The fourth-order valence-electron chi connectivity index (χ4n) is 3.48. The molecular weight excluding hydrogens is 370 g/mol. The van der Waals surface area contributed by atoms with Crippen molar-refractivity contribution in [2.45, 2.75) is 32.9 Å². The van der Waals surface area contributed by atoms with Crippen LogP contribution in [0.1, 0.15) is 37.4 Å². The highest BCUT2D eigenvalue weighted by Crippen LogP contribution is 2.39. The molecule has 1 N–H and O–H groups in total. The van der Waals surface area contributed by atoms with E-state index in [0.717, 1.165) is 11.1 Å². The van der Waals surface area contributed by atoms with Crippen molar-refractivity contribution in [1.29, 1.82) is 0 Å². The quantitative estimate of drug-likeness (QED) is 0.732. The second-order valence-corrected chi connectivity index (χ2v) is 6.72. The Morgan fingerprint density at radius 3 is 2.21 bits per heavy atom. The number of carbonyl (C=O) groups excluding carboxylic acids is 2. The van der Waals surface area contributed by atoms with Gasteiger partial charge in [0, 0.05) is 13.0 Å². The highest BCUT2D eigenvalue weighted by molar-refractivity contribution is 6.08. The molecule has 0 spiro atoms. The van der Waals surface area contributed by atoms with Crippen molar-refractivity contribution in [1.82, 2.24) is 4.90 Å². The molecule has 0 saturated carbocycles. The first-order valence-corrected chi connectivity index (χ1v) is 9.63. The summed E-state index contributed by atoms with van der Waals surface area (Å²) in [5, 5.41) is 10.5. The second-order valence-electron chi connectivity index (χ2n) is 6.72. The van der Waals surface area contributed by atoms with Gasteiger partial charge in [-0.15, -0.1) is 0 Å². The summed E-state index contributed by atoms with van der Waals surface area (Å²) >= 11 is 0. The summed E-state index contributed by atoms with van der Waals surface area (Å²) in [6.45, 7) is 4.42. The van der Waals surface area contributed by atoms with E-state index in [1.54, 1.807) is 26.2 Å². The summed E-state index contributed by atoms with van der Waals surface area (Å²) in [7, 11) is 1.59. The summed E-state index contributed by atoms with van der Waals surface area (Å²) in [6, 6.07) is 14.0. The molecule has 3 rings (SSSR count). The Balaban J connectivity index is 1.98. The number of Topliss-reactive ketones (excluding diaryl/α,β-unsaturated/α-hetero) is 1. The minimum atomic E-state index is -0.646. The highest BCUT2D eigenvalue weighted by atomic mass is 16.5. The Hall–Kier alpha value is -3.28. The van der Waals surface area contributed by atoms with Crippen molar-refractivity contribution in [3.8, 4) is 11.5 Å². The predicted molar refractivity (Wildman–Crippen MR) is 109 cm³/mol. The van der Waals surface area contributed by atoms with Crippen LogP contribution in [-0.4, -0.2) is 35.4 Å². The van der Waals surface area contributed by atoms with Gasteiger partial charge < -0.3 is 19.5 Å². The molecule has 0 aliphatic carbocycles. The van der Waals surface area contributed by atoms with Gasteiger partial charge in [-0.05, 0) is 42.3 Å². The molecule has 0 radical (unpaired) electrons. The van der Waals surface area contributed by atoms with Crippen LogP contribution < -0.4 is 9.47 Å². The molecule has 152 valence electrons. The number of aliphatic hydroxyl groups excluding tert-OH is 1. The molecule has 2 aromatic carbocycles. The van der Waals surface area contributed by atoms with Crippen LogP contribution in [0.15, 0.2) is 59.9 Å². The maximum absolute atomic E-state index is 12.8. The molecular formula is C23H25NO5. The summed E-state index contributed by atoms with van der Waals surface area (Å²) in [4.78, 5) is 26.9. The van der Waals surface area contributed by atoms with Gasteiger partial charge in [0.15, 0.2) is 11.5 Å². The van der Waals surface area contributed by atoms with E-state index in [2.05, 4.69) is 0 Å². The van der Waals surface area contributed by atoms with Gasteiger partial charge in [0.25, 0.3) is 5.91 Å². The number of amides is 1. The molecule has 6 heteroatoms. The minimum absolute atomic E-state index is 0.148. The van der Waals surface area contributed by atoms with Crippen LogP contribution in [0.2, 0.25) is 0 Å². The number of hydrogen-bond donors (Lipinski definition) is 1. The first-order valence-electron chi connectivity index (χ1n) is 9.63. The Morgan fingerprint density at radius 1 is 1.03 bits per heavy atom. The number of hydrogen-bond acceptors (Lipinski definition) is 5. The van der Waals surface area contributed by atoms with Crippen LogP contribution in [0.25, 0.3) is 0 Å². The van der Waals surface area contributed by atoms with Crippen LogP contribution in [0, 0.1) is 0 Å². The van der Waals surface area contributed by atoms with Crippen molar-refractivity contribution in [3.63, 3.8) is 0 Å². The third kappa shape index (κ3) is 4.11. The molecule has 1 aliphatic rings. The van der Waals surface area contributed by atoms with E-state index in [1.165, 1.54) is 4.90 Å². The molecule has 1 unspecified atom stereocenters. The molecule has 0 saturated heterocycles. The third-order valence-corrected chi connectivity index (χ3v) is 4.94. The monoisotopic (exact) mass is 395 g/mol. The number of aliphatic hydroxyl groups is 1. The zero-order chi connectivity index (χ0) is 21.0. The van der Waals surface area contributed by atoms with Crippen molar-refractivity contribution < 1.29 is 24.2 Å². The lowest BCUT2D eigenvalue weighted by atomic mass is 9.95. The smallest absolute Gasteiger partial charge is 0.290 e. The van der Waals surface area contributed by atoms with Crippen molar-refractivity contribution >= 4 is 11.7 Å². The molecule has 1 atom stereocenters. The largest absolute Gasteiger partial charge is 0.503 e. The van der Waals surface area contributed by atoms with Gasteiger partial charge in [0.1, 0.15) is 11.5 Å². The van der Waals surface area contributed by atoms with Gasteiger partial charge in [-0.1, -0.05) is 31.2 Å². The Kier molecular flexibility index (Phi) is 6.22. The average Bonchev–Trinajstić information content (AvgIpc) is 2.99. The summed E-state index contributed by atoms with van der Waals surface area (Å²) in [5.74, 6) is 0.166. The number of rotatable bonds is 8. The summed E-state index contributed by atoms with van der Waals surface area (Å²) < 4.78 is 10.7. The van der Waals surface area contributed by atoms with Crippen molar-refractivity contribution in [3.05, 3.63) is 71.0 Å². The molecule has 1 aliphatic heterocycles. The van der Waals surface area contributed by atoms with Crippen molar-refractivity contribution in [2.75, 3.05) is 13.7 Å². The highest BCUT2D eigenvalue weighted by Gasteiger charge is 2.42.